The second-order valence-corrected chi connectivity index (χ2v) is 35.1. The molecule has 9 heteroatoms. The molecule has 11 aromatic carbocycles. The van der Waals surface area contributed by atoms with E-state index in [2.05, 4.69) is 479 Å². The number of benzene rings is 11. The van der Waals surface area contributed by atoms with Gasteiger partial charge in [-0.3, -0.25) is 0 Å². The van der Waals surface area contributed by atoms with Gasteiger partial charge >= 0.3 is 0 Å². The van der Waals surface area contributed by atoms with Crippen molar-refractivity contribution in [2.24, 2.45) is 28.2 Å². The highest BCUT2D eigenvalue weighted by Gasteiger charge is 2.33. The molecule has 0 atom stereocenters. The Kier molecular flexibility index (Phi) is 23.0. The molecule has 0 aliphatic carbocycles. The fourth-order valence-corrected chi connectivity index (χ4v) is 19.3. The zero-order chi connectivity index (χ0) is 87.4. The van der Waals surface area contributed by atoms with E-state index in [0.29, 0.717) is 5.69 Å². The third kappa shape index (κ3) is 15.7. The number of fused-ring (bicyclic) bond motifs is 7. The van der Waals surface area contributed by atoms with Gasteiger partial charge in [0, 0.05) is 182 Å². The molecule has 610 valence electrons. The lowest BCUT2D eigenvalue weighted by Crippen LogP contribution is -2.37. The molecule has 19 aromatic rings. The second-order valence-electron chi connectivity index (χ2n) is 35.1. The highest BCUT2D eigenvalue weighted by atomic mass is 15.0. The topological polar surface area (TPSA) is 35.4 Å². The standard InChI is InChI=1S/C32H34N2.C29H25N3.C29H28N2.C25H26N2/c1-21-16-17-24-12-9-11-15-29(24)34(21)30-19-26(32(4,5)6)18-28(22(30)2)31-23(3)27-14-10-8-13-25(27)20-33(31)7;1-19-14-15-22-10-7-9-13-27(22)32(19)28-17-24(30-4)16-26(20(28)2)29-21(3)25-12-8-6-11-23(25)18-31(29)5;1-19-14-27(29-22(4)26-13-9-8-12-25(26)17-30(29)5)21(3)28(15-19)31-18-24-11-7-6-10-23(24)16-20(31)2;1-17-14-18(2)25(27-13-9-8-10-19(27)3)20(4)24(17)23-15-21-11-6-7-12-22(21)16-26(23)5/h8-20H,1-7H3;6-18H,1-3,5H3;6-18H,1-5H3;6-16H,1-5H3/q4*+2. The molecule has 0 bridgehead atoms. The first-order valence-corrected chi connectivity index (χ1v) is 43.2. The molecule has 0 saturated heterocycles. The van der Waals surface area contributed by atoms with Crippen LogP contribution in [-0.4, -0.2) is 0 Å². The van der Waals surface area contributed by atoms with Gasteiger partial charge in [-0.05, 0) is 197 Å². The molecular formula is C115H113N9+8. The van der Waals surface area contributed by atoms with Crippen LogP contribution in [-0.2, 0) is 33.6 Å². The van der Waals surface area contributed by atoms with E-state index in [-0.39, 0.29) is 5.41 Å². The van der Waals surface area contributed by atoms with Crippen molar-refractivity contribution >= 4 is 81.4 Å². The number of aromatic nitrogens is 8. The fraction of sp³-hybridized carbons (Fsp3) is 0.191. The monoisotopic (exact) mass is 1620 g/mol. The molecule has 0 aliphatic heterocycles. The first-order chi connectivity index (χ1) is 59.6. The maximum absolute atomic E-state index is 7.80. The molecule has 0 amide bonds. The lowest BCUT2D eigenvalue weighted by Gasteiger charge is -2.22. The van der Waals surface area contributed by atoms with Crippen LogP contribution in [0.25, 0.3) is 148 Å². The minimum absolute atomic E-state index is 0.0274. The van der Waals surface area contributed by atoms with E-state index < -0.39 is 0 Å². The predicted molar refractivity (Wildman–Crippen MR) is 512 cm³/mol. The number of aryl methyl sites for hydroxylation is 14. The van der Waals surface area contributed by atoms with Crippen LogP contribution >= 0.6 is 0 Å². The largest absolute Gasteiger partial charge is 0.238 e. The molecule has 0 aliphatic rings. The van der Waals surface area contributed by atoms with Crippen LogP contribution < -0.4 is 36.5 Å². The van der Waals surface area contributed by atoms with E-state index in [4.69, 9.17) is 6.57 Å². The first kappa shape index (κ1) is 83.6. The van der Waals surface area contributed by atoms with Crippen molar-refractivity contribution in [2.75, 3.05) is 0 Å². The smallest absolute Gasteiger partial charge is 0.218 e. The van der Waals surface area contributed by atoms with Crippen molar-refractivity contribution in [3.05, 3.63) is 399 Å². The Morgan fingerprint density at radius 2 is 0.702 bits per heavy atom. The lowest BCUT2D eigenvalue weighted by atomic mass is 9.83. The maximum atomic E-state index is 7.80. The summed E-state index contributed by atoms with van der Waals surface area (Å²) in [4.78, 5) is 3.84. The summed E-state index contributed by atoms with van der Waals surface area (Å²) in [6, 6.07) is 95.5. The maximum Gasteiger partial charge on any atom is 0.218 e. The quantitative estimate of drug-likeness (QED) is 0.107. The molecule has 0 saturated carbocycles. The van der Waals surface area contributed by atoms with Gasteiger partial charge in [0.1, 0.15) is 28.2 Å². The van der Waals surface area contributed by atoms with Gasteiger partial charge in [0.25, 0.3) is 0 Å². The van der Waals surface area contributed by atoms with Crippen LogP contribution in [0.1, 0.15) is 105 Å². The van der Waals surface area contributed by atoms with Crippen molar-refractivity contribution < 1.29 is 36.5 Å². The van der Waals surface area contributed by atoms with Crippen LogP contribution in [0.15, 0.2) is 304 Å². The molecule has 19 rings (SSSR count). The molecule has 0 N–H and O–H groups in total. The second kappa shape index (κ2) is 34.1. The summed E-state index contributed by atoms with van der Waals surface area (Å²) in [5, 5.41) is 15.1. The number of nitrogens with zero attached hydrogens (tertiary/aromatic N) is 9. The third-order valence-electron chi connectivity index (χ3n) is 25.6. The Labute approximate surface area is 731 Å². The van der Waals surface area contributed by atoms with Gasteiger partial charge in [0.05, 0.1) is 23.3 Å². The summed E-state index contributed by atoms with van der Waals surface area (Å²) in [6.07, 6.45) is 13.3. The van der Waals surface area contributed by atoms with Crippen molar-refractivity contribution in [3.63, 3.8) is 0 Å². The molecule has 0 fully saturated rings. The molecular weight excluding hydrogens is 1510 g/mol. The lowest BCUT2D eigenvalue weighted by molar-refractivity contribution is -0.659. The van der Waals surface area contributed by atoms with E-state index in [1.54, 1.807) is 0 Å². The van der Waals surface area contributed by atoms with Gasteiger partial charge in [-0.15, -0.1) is 0 Å². The van der Waals surface area contributed by atoms with E-state index >= 15 is 0 Å². The fourth-order valence-electron chi connectivity index (χ4n) is 19.3. The Bertz CT molecular complexity index is 7580. The highest BCUT2D eigenvalue weighted by molar-refractivity contribution is 5.93. The van der Waals surface area contributed by atoms with E-state index in [0.717, 1.165) is 33.7 Å². The molecule has 0 radical (unpaired) electrons. The normalized spacial score (nSPS) is 11.4. The number of hydrogen-bond donors (Lipinski definition) is 0. The number of hydrogen-bond acceptors (Lipinski definition) is 0. The molecule has 124 heavy (non-hydrogen) atoms. The Morgan fingerprint density at radius 3 is 1.19 bits per heavy atom. The van der Waals surface area contributed by atoms with Crippen molar-refractivity contribution in [2.45, 2.75) is 123 Å². The minimum atomic E-state index is 0.0274. The Hall–Kier alpha value is -14.1. The van der Waals surface area contributed by atoms with Crippen LogP contribution in [0.2, 0.25) is 0 Å². The zero-order valence-electron chi connectivity index (χ0n) is 75.9. The molecule has 0 spiro atoms. The van der Waals surface area contributed by atoms with Crippen LogP contribution in [0, 0.1) is 104 Å². The Morgan fingerprint density at radius 1 is 0.290 bits per heavy atom. The Balaban J connectivity index is 0.000000123. The van der Waals surface area contributed by atoms with Gasteiger partial charge in [-0.25, -0.2) is 23.1 Å². The summed E-state index contributed by atoms with van der Waals surface area (Å²) in [5.74, 6) is 0. The van der Waals surface area contributed by atoms with Crippen LogP contribution in [0.4, 0.5) is 5.69 Å². The van der Waals surface area contributed by atoms with Gasteiger partial charge < -0.3 is 0 Å². The SMILES string of the molecule is Cc1c(-c2c(C)c3ccccc3c[n+]2C)cc(C(C)(C)C)cc1-[n+]1c(C)ccc2ccccc21.Cc1cc(-c2c(C)c3ccccc3c[n+]2C)c(C)c(-[n+]2cc3ccccc3cc2C)c1.Cc1cc(C)c(-[n+]2ccccc2C)c(C)c1-c1cc2ccccc2c[n+]1C.[C-]#[N+]c1cc(-c2c(C)c3ccccc3c[n+]2C)c(C)c(-[n+]2c(C)ccc3ccccc32)c1. The van der Waals surface area contributed by atoms with E-state index in [1.165, 1.54) is 194 Å². The van der Waals surface area contributed by atoms with Gasteiger partial charge in [-0.1, -0.05) is 142 Å². The molecule has 8 aromatic heterocycles. The third-order valence-corrected chi connectivity index (χ3v) is 25.6. The summed E-state index contributed by atoms with van der Waals surface area (Å²) in [7, 11) is 8.56. The summed E-state index contributed by atoms with van der Waals surface area (Å²) >= 11 is 0. The van der Waals surface area contributed by atoms with Gasteiger partial charge in [0.2, 0.25) is 56.6 Å². The van der Waals surface area contributed by atoms with Gasteiger partial charge in [-0.2, -0.15) is 18.3 Å². The molecule has 0 unspecified atom stereocenters. The van der Waals surface area contributed by atoms with Crippen LogP contribution in [0.5, 0.6) is 0 Å². The van der Waals surface area contributed by atoms with Crippen molar-refractivity contribution in [3.8, 4) is 67.8 Å². The zero-order valence-corrected chi connectivity index (χ0v) is 75.9. The van der Waals surface area contributed by atoms with Crippen molar-refractivity contribution in [1.82, 2.24) is 0 Å². The predicted octanol–water partition coefficient (Wildman–Crippen LogP) is 24.1. The van der Waals surface area contributed by atoms with Gasteiger partial charge in [0.15, 0.2) is 65.6 Å². The minimum Gasteiger partial charge on any atom is -0.238 e. The van der Waals surface area contributed by atoms with Crippen LogP contribution in [0.3, 0.4) is 0 Å². The number of para-hydroxylation sites is 2. The summed E-state index contributed by atoms with van der Waals surface area (Å²) < 4.78 is 18.4. The number of pyridine rings is 8. The van der Waals surface area contributed by atoms with Crippen molar-refractivity contribution in [1.29, 1.82) is 0 Å². The van der Waals surface area contributed by atoms with E-state index in [1.807, 2.05) is 12.1 Å². The first-order valence-electron chi connectivity index (χ1n) is 43.2. The average molecular weight is 1620 g/mol. The molecule has 9 nitrogen and oxygen atoms in total. The molecule has 8 heterocycles. The summed E-state index contributed by atoms with van der Waals surface area (Å²) in [6.45, 7) is 45.6. The summed E-state index contributed by atoms with van der Waals surface area (Å²) in [5.41, 5.74) is 36.8. The highest BCUT2D eigenvalue weighted by Crippen LogP contribution is 2.40. The van der Waals surface area contributed by atoms with E-state index in [9.17, 15) is 0 Å². The number of rotatable bonds is 8. The average Bonchev–Trinajstić information content (AvgIpc) is 0.738.